The molecule has 1 heterocycles. The fourth-order valence-corrected chi connectivity index (χ4v) is 2.41. The van der Waals surface area contributed by atoms with Crippen molar-refractivity contribution in [3.8, 4) is 0 Å². The Hall–Kier alpha value is -2.40. The molecule has 1 aliphatic heterocycles. The van der Waals surface area contributed by atoms with Gasteiger partial charge in [-0.15, -0.1) is 0 Å². The SMILES string of the molecule is C=CC(=O)N(C)c1ccc(C(=O)N(C)CC2=CCCOC2)cc1. The summed E-state index contributed by atoms with van der Waals surface area (Å²) in [4.78, 5) is 27.2. The van der Waals surface area contributed by atoms with Crippen LogP contribution in [0.25, 0.3) is 0 Å². The Kier molecular flexibility index (Phi) is 5.71. The zero-order chi connectivity index (χ0) is 16.8. The first-order chi connectivity index (χ1) is 11.0. The highest BCUT2D eigenvalue weighted by Gasteiger charge is 2.15. The van der Waals surface area contributed by atoms with Crippen LogP contribution in [0.4, 0.5) is 5.69 Å². The number of rotatable bonds is 5. The molecule has 1 aliphatic rings. The van der Waals surface area contributed by atoms with Gasteiger partial charge < -0.3 is 14.5 Å². The maximum absolute atomic E-state index is 12.5. The summed E-state index contributed by atoms with van der Waals surface area (Å²) in [6, 6.07) is 6.97. The molecule has 0 aliphatic carbocycles. The molecule has 1 aromatic rings. The molecule has 0 fully saturated rings. The largest absolute Gasteiger partial charge is 0.377 e. The molecular weight excluding hydrogens is 292 g/mol. The summed E-state index contributed by atoms with van der Waals surface area (Å²) < 4.78 is 5.39. The Bertz CT molecular complexity index is 620. The van der Waals surface area contributed by atoms with Crippen molar-refractivity contribution in [2.45, 2.75) is 6.42 Å². The number of ether oxygens (including phenoxy) is 1. The van der Waals surface area contributed by atoms with Crippen molar-refractivity contribution < 1.29 is 14.3 Å². The molecule has 0 bridgehead atoms. The maximum Gasteiger partial charge on any atom is 0.253 e. The van der Waals surface area contributed by atoms with Crippen LogP contribution >= 0.6 is 0 Å². The second-order valence-electron chi connectivity index (χ2n) is 5.51. The summed E-state index contributed by atoms with van der Waals surface area (Å²) in [5.74, 6) is -0.244. The fraction of sp³-hybridized carbons (Fsp3) is 0.333. The standard InChI is InChI=1S/C18H22N2O3/c1-4-17(21)20(3)16-9-7-15(8-10-16)18(22)19(2)12-14-6-5-11-23-13-14/h4,6-10H,1,5,11-13H2,2-3H3. The average Bonchev–Trinajstić information content (AvgIpc) is 2.60. The van der Waals surface area contributed by atoms with Crippen molar-refractivity contribution in [1.29, 1.82) is 0 Å². The lowest BCUT2D eigenvalue weighted by molar-refractivity contribution is -0.113. The van der Waals surface area contributed by atoms with Gasteiger partial charge in [-0.25, -0.2) is 0 Å². The van der Waals surface area contributed by atoms with Gasteiger partial charge in [0, 0.05) is 31.9 Å². The number of benzene rings is 1. The molecule has 1 aromatic carbocycles. The van der Waals surface area contributed by atoms with Gasteiger partial charge >= 0.3 is 0 Å². The Morgan fingerprint density at radius 2 is 1.96 bits per heavy atom. The Morgan fingerprint density at radius 1 is 1.26 bits per heavy atom. The van der Waals surface area contributed by atoms with E-state index in [-0.39, 0.29) is 11.8 Å². The van der Waals surface area contributed by atoms with Gasteiger partial charge in [0.1, 0.15) is 0 Å². The van der Waals surface area contributed by atoms with E-state index in [4.69, 9.17) is 4.74 Å². The smallest absolute Gasteiger partial charge is 0.253 e. The first-order valence-corrected chi connectivity index (χ1v) is 7.54. The van der Waals surface area contributed by atoms with E-state index >= 15 is 0 Å². The van der Waals surface area contributed by atoms with Crippen LogP contribution < -0.4 is 4.90 Å². The number of likely N-dealkylation sites (N-methyl/N-ethyl adjacent to an activating group) is 2. The summed E-state index contributed by atoms with van der Waals surface area (Å²) in [7, 11) is 3.45. The predicted molar refractivity (Wildman–Crippen MR) is 90.5 cm³/mol. The minimum atomic E-state index is -0.189. The van der Waals surface area contributed by atoms with Crippen molar-refractivity contribution in [3.05, 3.63) is 54.1 Å². The normalized spacial score (nSPS) is 13.9. The third-order valence-electron chi connectivity index (χ3n) is 3.78. The molecule has 5 heteroatoms. The lowest BCUT2D eigenvalue weighted by Gasteiger charge is -2.22. The van der Waals surface area contributed by atoms with Crippen molar-refractivity contribution in [2.75, 3.05) is 38.8 Å². The van der Waals surface area contributed by atoms with Crippen molar-refractivity contribution in [3.63, 3.8) is 0 Å². The average molecular weight is 314 g/mol. The van der Waals surface area contributed by atoms with Crippen LogP contribution in [0.15, 0.2) is 48.6 Å². The van der Waals surface area contributed by atoms with Crippen LogP contribution in [0, 0.1) is 0 Å². The number of nitrogens with zero attached hydrogens (tertiary/aromatic N) is 2. The fourth-order valence-electron chi connectivity index (χ4n) is 2.41. The van der Waals surface area contributed by atoms with E-state index in [1.165, 1.54) is 11.0 Å². The third kappa shape index (κ3) is 4.29. The van der Waals surface area contributed by atoms with Gasteiger partial charge in [0.15, 0.2) is 0 Å². The third-order valence-corrected chi connectivity index (χ3v) is 3.78. The lowest BCUT2D eigenvalue weighted by atomic mass is 10.1. The summed E-state index contributed by atoms with van der Waals surface area (Å²) >= 11 is 0. The molecule has 0 N–H and O–H groups in total. The highest BCUT2D eigenvalue weighted by Crippen LogP contribution is 2.16. The quantitative estimate of drug-likeness (QED) is 0.619. The molecule has 0 spiro atoms. The van der Waals surface area contributed by atoms with Crippen LogP contribution in [0.3, 0.4) is 0 Å². The molecule has 0 saturated carbocycles. The molecular formula is C18H22N2O3. The molecule has 122 valence electrons. The molecule has 0 saturated heterocycles. The molecule has 2 amide bonds. The summed E-state index contributed by atoms with van der Waals surface area (Å²) in [6.07, 6.45) is 4.29. The van der Waals surface area contributed by atoms with Crippen LogP contribution in [0.2, 0.25) is 0 Å². The molecule has 5 nitrogen and oxygen atoms in total. The predicted octanol–water partition coefficient (Wildman–Crippen LogP) is 2.25. The zero-order valence-electron chi connectivity index (χ0n) is 13.6. The lowest BCUT2D eigenvalue weighted by Crippen LogP contribution is -2.30. The van der Waals surface area contributed by atoms with Crippen molar-refractivity contribution in [2.24, 2.45) is 0 Å². The maximum atomic E-state index is 12.5. The van der Waals surface area contributed by atoms with E-state index in [9.17, 15) is 9.59 Å². The first kappa shape index (κ1) is 17.0. The van der Waals surface area contributed by atoms with E-state index in [1.807, 2.05) is 0 Å². The molecule has 2 rings (SSSR count). The summed E-state index contributed by atoms with van der Waals surface area (Å²) in [6.45, 7) is 5.37. The highest BCUT2D eigenvalue weighted by atomic mass is 16.5. The van der Waals surface area contributed by atoms with E-state index in [0.29, 0.717) is 18.7 Å². The molecule has 0 radical (unpaired) electrons. The Morgan fingerprint density at radius 3 is 2.52 bits per heavy atom. The second kappa shape index (κ2) is 7.74. The molecule has 23 heavy (non-hydrogen) atoms. The Balaban J connectivity index is 2.03. The van der Waals surface area contributed by atoms with Gasteiger partial charge in [0.25, 0.3) is 5.91 Å². The van der Waals surface area contributed by atoms with Crippen LogP contribution in [0.1, 0.15) is 16.8 Å². The summed E-state index contributed by atoms with van der Waals surface area (Å²) in [5.41, 5.74) is 2.44. The van der Waals surface area contributed by atoms with Crippen LogP contribution in [-0.2, 0) is 9.53 Å². The molecule has 0 unspecified atom stereocenters. The minimum absolute atomic E-state index is 0.0549. The zero-order valence-corrected chi connectivity index (χ0v) is 13.6. The van der Waals surface area contributed by atoms with Gasteiger partial charge in [-0.2, -0.15) is 0 Å². The molecule has 0 aromatic heterocycles. The van der Waals surface area contributed by atoms with E-state index in [1.54, 1.807) is 43.3 Å². The highest BCUT2D eigenvalue weighted by molar-refractivity contribution is 6.01. The topological polar surface area (TPSA) is 49.9 Å². The van der Waals surface area contributed by atoms with Crippen molar-refractivity contribution in [1.82, 2.24) is 4.90 Å². The van der Waals surface area contributed by atoms with Gasteiger partial charge in [0.2, 0.25) is 5.91 Å². The summed E-state index contributed by atoms with van der Waals surface area (Å²) in [5, 5.41) is 0. The number of carbonyl (C=O) groups is 2. The van der Waals surface area contributed by atoms with Crippen LogP contribution in [-0.4, -0.2) is 50.6 Å². The Labute approximate surface area is 136 Å². The number of amides is 2. The van der Waals surface area contributed by atoms with E-state index in [2.05, 4.69) is 12.7 Å². The van der Waals surface area contributed by atoms with Gasteiger partial charge in [-0.3, -0.25) is 9.59 Å². The number of hydrogen-bond donors (Lipinski definition) is 0. The number of anilines is 1. The van der Waals surface area contributed by atoms with Gasteiger partial charge in [0.05, 0.1) is 13.2 Å². The van der Waals surface area contributed by atoms with E-state index < -0.39 is 0 Å². The minimum Gasteiger partial charge on any atom is -0.377 e. The first-order valence-electron chi connectivity index (χ1n) is 7.54. The number of hydrogen-bond acceptors (Lipinski definition) is 3. The number of carbonyl (C=O) groups excluding carboxylic acids is 2. The van der Waals surface area contributed by atoms with E-state index in [0.717, 1.165) is 24.3 Å². The monoisotopic (exact) mass is 314 g/mol. The molecule has 0 atom stereocenters. The second-order valence-corrected chi connectivity index (χ2v) is 5.51. The van der Waals surface area contributed by atoms with Gasteiger partial charge in [-0.1, -0.05) is 12.7 Å². The van der Waals surface area contributed by atoms with Crippen molar-refractivity contribution >= 4 is 17.5 Å². The van der Waals surface area contributed by atoms with Gasteiger partial charge in [-0.05, 0) is 42.3 Å². The van der Waals surface area contributed by atoms with Crippen LogP contribution in [0.5, 0.6) is 0 Å².